The minimum absolute atomic E-state index is 0.0475. The van der Waals surface area contributed by atoms with E-state index in [-0.39, 0.29) is 5.82 Å². The maximum atomic E-state index is 13.2. The largest absolute Gasteiger partial charge is 0.493 e. The Morgan fingerprint density at radius 1 is 0.917 bits per heavy atom. The molecule has 8 nitrogen and oxygen atoms in total. The fourth-order valence-corrected chi connectivity index (χ4v) is 3.63. The maximum Gasteiger partial charge on any atom is 0.295 e. The molecule has 8 heteroatoms. The summed E-state index contributed by atoms with van der Waals surface area (Å²) in [6.07, 6.45) is 3.44. The molecule has 1 amide bonds. The highest BCUT2D eigenvalue weighted by molar-refractivity contribution is 6.02. The second kappa shape index (κ2) is 10.5. The number of amides is 1. The number of hydrogen-bond acceptors (Lipinski definition) is 6. The molecule has 2 heterocycles. The van der Waals surface area contributed by atoms with E-state index >= 15 is 0 Å². The highest BCUT2D eigenvalue weighted by Gasteiger charge is 2.19. The van der Waals surface area contributed by atoms with E-state index in [2.05, 4.69) is 20.4 Å². The van der Waals surface area contributed by atoms with Crippen molar-refractivity contribution in [3.63, 3.8) is 0 Å². The van der Waals surface area contributed by atoms with Crippen LogP contribution in [0.3, 0.4) is 0 Å². The number of carbonyl (C=O) groups is 1. The van der Waals surface area contributed by atoms with E-state index in [9.17, 15) is 4.79 Å². The molecule has 0 unspecified atom stereocenters. The highest BCUT2D eigenvalue weighted by atomic mass is 16.5. The summed E-state index contributed by atoms with van der Waals surface area (Å²) in [4.78, 5) is 21.8. The summed E-state index contributed by atoms with van der Waals surface area (Å²) < 4.78 is 13.0. The van der Waals surface area contributed by atoms with Crippen molar-refractivity contribution in [2.75, 3.05) is 12.4 Å². The van der Waals surface area contributed by atoms with Crippen molar-refractivity contribution in [1.82, 2.24) is 19.7 Å². The summed E-state index contributed by atoms with van der Waals surface area (Å²) in [6, 6.07) is 28.2. The molecule has 0 spiro atoms. The van der Waals surface area contributed by atoms with E-state index in [1.54, 1.807) is 42.4 Å². The van der Waals surface area contributed by atoms with E-state index in [1.165, 1.54) is 0 Å². The van der Waals surface area contributed by atoms with Gasteiger partial charge in [-0.2, -0.15) is 0 Å². The van der Waals surface area contributed by atoms with E-state index in [0.717, 1.165) is 16.8 Å². The predicted molar refractivity (Wildman–Crippen MR) is 136 cm³/mol. The molecular weight excluding hydrogens is 454 g/mol. The number of anilines is 1. The van der Waals surface area contributed by atoms with Crippen molar-refractivity contribution in [1.29, 1.82) is 0 Å². The molecule has 0 bridgehead atoms. The lowest BCUT2D eigenvalue weighted by Crippen LogP contribution is -2.14. The fourth-order valence-electron chi connectivity index (χ4n) is 3.63. The van der Waals surface area contributed by atoms with Crippen molar-refractivity contribution in [2.45, 2.75) is 6.61 Å². The number of nitrogens with one attached hydrogen (secondary N) is 1. The molecule has 1 N–H and O–H groups in total. The van der Waals surface area contributed by atoms with Crippen LogP contribution in [0, 0.1) is 0 Å². The Morgan fingerprint density at radius 3 is 2.42 bits per heavy atom. The first-order valence-corrected chi connectivity index (χ1v) is 11.3. The standard InChI is InChI=1S/C28H23N5O3/c1-35-24-15-14-22(17-25(24)36-19-20-9-8-16-29-18-20)30-28(34)26-31-27(21-10-4-2-5-11-21)33(32-26)23-12-6-3-7-13-23/h2-18H,19H2,1H3,(H,30,34). The lowest BCUT2D eigenvalue weighted by molar-refractivity contribution is 0.101. The number of methoxy groups -OCH3 is 1. The summed E-state index contributed by atoms with van der Waals surface area (Å²) >= 11 is 0. The van der Waals surface area contributed by atoms with Crippen LogP contribution in [0.4, 0.5) is 5.69 Å². The Morgan fingerprint density at radius 2 is 1.69 bits per heavy atom. The highest BCUT2D eigenvalue weighted by Crippen LogP contribution is 2.31. The molecule has 0 aliphatic rings. The average Bonchev–Trinajstić information content (AvgIpc) is 3.39. The number of rotatable bonds is 8. The van der Waals surface area contributed by atoms with Gasteiger partial charge in [-0.25, -0.2) is 9.67 Å². The van der Waals surface area contributed by atoms with Gasteiger partial charge in [-0.05, 0) is 30.3 Å². The van der Waals surface area contributed by atoms with Crippen LogP contribution in [-0.2, 0) is 6.61 Å². The van der Waals surface area contributed by atoms with Crippen LogP contribution >= 0.6 is 0 Å². The van der Waals surface area contributed by atoms with E-state index in [4.69, 9.17) is 9.47 Å². The zero-order valence-electron chi connectivity index (χ0n) is 19.5. The third-order valence-electron chi connectivity index (χ3n) is 5.38. The number of ether oxygens (including phenoxy) is 2. The number of carbonyl (C=O) groups excluding carboxylic acids is 1. The minimum Gasteiger partial charge on any atom is -0.493 e. The molecule has 0 fully saturated rings. The number of hydrogen-bond donors (Lipinski definition) is 1. The molecule has 36 heavy (non-hydrogen) atoms. The fraction of sp³-hybridized carbons (Fsp3) is 0.0714. The zero-order valence-corrected chi connectivity index (χ0v) is 19.5. The van der Waals surface area contributed by atoms with Crippen LogP contribution in [0.1, 0.15) is 16.2 Å². The summed E-state index contributed by atoms with van der Waals surface area (Å²) in [5, 5.41) is 7.38. The van der Waals surface area contributed by atoms with Gasteiger partial charge in [-0.1, -0.05) is 54.6 Å². The molecule has 2 aromatic heterocycles. The summed E-state index contributed by atoms with van der Waals surface area (Å²) in [5.74, 6) is 1.22. The second-order valence-electron chi connectivity index (χ2n) is 7.84. The molecule has 178 valence electrons. The first kappa shape index (κ1) is 22.8. The van der Waals surface area contributed by atoms with Crippen molar-refractivity contribution in [3.05, 3.63) is 115 Å². The Bertz CT molecular complexity index is 1400. The van der Waals surface area contributed by atoms with Crippen LogP contribution in [0.5, 0.6) is 11.5 Å². The maximum absolute atomic E-state index is 13.2. The van der Waals surface area contributed by atoms with Gasteiger partial charge in [0, 0.05) is 35.3 Å². The number of nitrogens with zero attached hydrogens (tertiary/aromatic N) is 4. The molecule has 3 aromatic carbocycles. The average molecular weight is 478 g/mol. The van der Waals surface area contributed by atoms with Gasteiger partial charge in [0.25, 0.3) is 5.91 Å². The zero-order chi connectivity index (χ0) is 24.7. The van der Waals surface area contributed by atoms with E-state index in [0.29, 0.717) is 29.6 Å². The van der Waals surface area contributed by atoms with Crippen LogP contribution in [0.2, 0.25) is 0 Å². The third-order valence-corrected chi connectivity index (χ3v) is 5.38. The number of aromatic nitrogens is 4. The first-order chi connectivity index (χ1) is 17.7. The molecule has 0 aliphatic carbocycles. The molecule has 0 aliphatic heterocycles. The molecule has 0 atom stereocenters. The number of benzene rings is 3. The van der Waals surface area contributed by atoms with Gasteiger partial charge < -0.3 is 14.8 Å². The van der Waals surface area contributed by atoms with Gasteiger partial charge in [0.15, 0.2) is 17.3 Å². The van der Waals surface area contributed by atoms with Crippen LogP contribution in [0.15, 0.2) is 103 Å². The molecule has 5 aromatic rings. The lowest BCUT2D eigenvalue weighted by atomic mass is 10.2. The van der Waals surface area contributed by atoms with Gasteiger partial charge in [-0.15, -0.1) is 5.10 Å². The van der Waals surface area contributed by atoms with E-state index < -0.39 is 5.91 Å². The summed E-state index contributed by atoms with van der Waals surface area (Å²) in [5.41, 5.74) is 3.10. The van der Waals surface area contributed by atoms with E-state index in [1.807, 2.05) is 72.8 Å². The SMILES string of the molecule is COc1ccc(NC(=O)c2nc(-c3ccccc3)n(-c3ccccc3)n2)cc1OCc1cccnc1. The van der Waals surface area contributed by atoms with Gasteiger partial charge in [0.1, 0.15) is 6.61 Å². The lowest BCUT2D eigenvalue weighted by Gasteiger charge is -2.12. The Balaban J connectivity index is 1.41. The topological polar surface area (TPSA) is 91.2 Å². The molecule has 0 saturated heterocycles. The Labute approximate surface area is 208 Å². The monoisotopic (exact) mass is 477 g/mol. The van der Waals surface area contributed by atoms with Gasteiger partial charge in [0.05, 0.1) is 12.8 Å². The van der Waals surface area contributed by atoms with Crippen LogP contribution < -0.4 is 14.8 Å². The van der Waals surface area contributed by atoms with Gasteiger partial charge in [-0.3, -0.25) is 9.78 Å². The van der Waals surface area contributed by atoms with Crippen molar-refractivity contribution >= 4 is 11.6 Å². The number of pyridine rings is 1. The quantitative estimate of drug-likeness (QED) is 0.332. The normalized spacial score (nSPS) is 10.6. The first-order valence-electron chi connectivity index (χ1n) is 11.3. The molecule has 0 saturated carbocycles. The minimum atomic E-state index is -0.440. The van der Waals surface area contributed by atoms with Gasteiger partial charge >= 0.3 is 0 Å². The molecule has 0 radical (unpaired) electrons. The predicted octanol–water partition coefficient (Wildman–Crippen LogP) is 5.17. The second-order valence-corrected chi connectivity index (χ2v) is 7.84. The third kappa shape index (κ3) is 5.07. The Hall–Kier alpha value is -4.98. The molecular formula is C28H23N5O3. The summed E-state index contributed by atoms with van der Waals surface area (Å²) in [6.45, 7) is 0.311. The summed E-state index contributed by atoms with van der Waals surface area (Å²) in [7, 11) is 1.57. The van der Waals surface area contributed by atoms with Crippen molar-refractivity contribution in [2.24, 2.45) is 0 Å². The van der Waals surface area contributed by atoms with Crippen molar-refractivity contribution < 1.29 is 14.3 Å². The Kier molecular flexibility index (Phi) is 6.66. The van der Waals surface area contributed by atoms with Crippen molar-refractivity contribution in [3.8, 4) is 28.6 Å². The van der Waals surface area contributed by atoms with Crippen LogP contribution in [0.25, 0.3) is 17.1 Å². The van der Waals surface area contributed by atoms with Crippen LogP contribution in [-0.4, -0.2) is 32.8 Å². The molecule has 5 rings (SSSR count). The smallest absolute Gasteiger partial charge is 0.295 e. The van der Waals surface area contributed by atoms with Gasteiger partial charge in [0.2, 0.25) is 5.82 Å². The number of para-hydroxylation sites is 1.